The Balaban J connectivity index is 0.00000471. The van der Waals surface area contributed by atoms with Crippen molar-refractivity contribution in [2.24, 2.45) is 5.41 Å². The molecule has 0 amide bonds. The summed E-state index contributed by atoms with van der Waals surface area (Å²) >= 11 is 0. The predicted molar refractivity (Wildman–Crippen MR) is 253 cm³/mol. The number of benzene rings is 6. The molecule has 0 unspecified atom stereocenters. The quantitative estimate of drug-likeness (QED) is 0.168. The average Bonchev–Trinajstić information content (AvgIpc) is 3.95. The first-order valence-electron chi connectivity index (χ1n) is 21.9. The first-order chi connectivity index (χ1) is 29.8. The van der Waals surface area contributed by atoms with Crippen molar-refractivity contribution in [3.05, 3.63) is 144 Å². The first kappa shape index (κ1) is 41.1. The maximum absolute atomic E-state index is 12.0. The van der Waals surface area contributed by atoms with Crippen molar-refractivity contribution in [2.75, 3.05) is 0 Å². The zero-order valence-electron chi connectivity index (χ0n) is 36.8. The van der Waals surface area contributed by atoms with E-state index in [-0.39, 0.29) is 32.2 Å². The molecule has 0 saturated heterocycles. The third-order valence-corrected chi connectivity index (χ3v) is 13.6. The van der Waals surface area contributed by atoms with E-state index in [1.165, 1.54) is 31.2 Å². The second-order valence-corrected chi connectivity index (χ2v) is 19.4. The summed E-state index contributed by atoms with van der Waals surface area (Å²) in [6, 6.07) is 43.5. The molecule has 6 nitrogen and oxygen atoms in total. The Hall–Kier alpha value is -5.97. The van der Waals surface area contributed by atoms with Crippen LogP contribution in [0.4, 0.5) is 0 Å². The van der Waals surface area contributed by atoms with Gasteiger partial charge in [-0.3, -0.25) is 9.55 Å². The summed E-state index contributed by atoms with van der Waals surface area (Å²) in [5.74, 6) is 1.46. The molecule has 7 heteroatoms. The van der Waals surface area contributed by atoms with E-state index in [1.807, 2.05) is 36.4 Å². The summed E-state index contributed by atoms with van der Waals surface area (Å²) < 4.78 is 14.9. The fraction of sp³-hybridized carbons (Fsp3) is 0.250. The van der Waals surface area contributed by atoms with Crippen LogP contribution in [0.2, 0.25) is 0 Å². The Morgan fingerprint density at radius 3 is 2.08 bits per heavy atom. The summed E-state index contributed by atoms with van der Waals surface area (Å²) in [4.78, 5) is 10.8. The van der Waals surface area contributed by atoms with Gasteiger partial charge in [0, 0.05) is 32.0 Å². The van der Waals surface area contributed by atoms with E-state index in [0.29, 0.717) is 28.3 Å². The molecule has 11 rings (SSSR count). The number of fused-ring (bicyclic) bond motifs is 1. The van der Waals surface area contributed by atoms with Crippen LogP contribution in [0.25, 0.3) is 94.9 Å². The number of phenols is 1. The van der Waals surface area contributed by atoms with E-state index in [1.54, 1.807) is 0 Å². The van der Waals surface area contributed by atoms with Gasteiger partial charge in [-0.1, -0.05) is 120 Å². The Bertz CT molecular complexity index is 3270. The van der Waals surface area contributed by atoms with Crippen LogP contribution in [0.15, 0.2) is 124 Å². The summed E-state index contributed by atoms with van der Waals surface area (Å²) in [5.41, 5.74) is 16.8. The molecule has 4 heterocycles. The second-order valence-electron chi connectivity index (χ2n) is 19.4. The Morgan fingerprint density at radius 2 is 1.37 bits per heavy atom. The second kappa shape index (κ2) is 15.1. The SMILES string of the molecule is Cc1cccc(C)c1-n1c(-c2ccc(-c3ccc(C4CCC(C)(C)CC4)cc3)cc2O)nc2c(-c3cc(C(C)(C)C)cc(-c4[c-]c5oc6cccc7oc(c4)c5c67)n3)cccc21.[Pt]. The Labute approximate surface area is 382 Å². The zero-order valence-corrected chi connectivity index (χ0v) is 39.1. The van der Waals surface area contributed by atoms with E-state index in [9.17, 15) is 5.11 Å². The normalized spacial score (nSPS) is 14.7. The smallest absolute Gasteiger partial charge is 0.149 e. The maximum atomic E-state index is 12.0. The minimum atomic E-state index is -0.187. The molecule has 63 heavy (non-hydrogen) atoms. The molecule has 1 fully saturated rings. The van der Waals surface area contributed by atoms with Gasteiger partial charge < -0.3 is 13.9 Å². The minimum Gasteiger partial charge on any atom is -0.507 e. The van der Waals surface area contributed by atoms with Gasteiger partial charge in [-0.15, -0.1) is 5.56 Å². The van der Waals surface area contributed by atoms with Gasteiger partial charge in [0.15, 0.2) is 0 Å². The number of rotatable bonds is 6. The predicted octanol–water partition coefficient (Wildman–Crippen LogP) is 15.3. The molecule has 1 aliphatic rings. The summed E-state index contributed by atoms with van der Waals surface area (Å²) in [6.07, 6.45) is 5.00. The molecule has 318 valence electrons. The van der Waals surface area contributed by atoms with Crippen LogP contribution in [0.3, 0.4) is 0 Å². The zero-order chi connectivity index (χ0) is 42.7. The van der Waals surface area contributed by atoms with E-state index in [4.69, 9.17) is 18.8 Å². The largest absolute Gasteiger partial charge is 0.507 e. The Morgan fingerprint density at radius 1 is 0.698 bits per heavy atom. The number of pyridine rings is 1. The van der Waals surface area contributed by atoms with E-state index in [0.717, 1.165) is 94.6 Å². The maximum Gasteiger partial charge on any atom is 0.149 e. The van der Waals surface area contributed by atoms with Gasteiger partial charge in [-0.25, -0.2) is 4.98 Å². The van der Waals surface area contributed by atoms with Crippen molar-refractivity contribution >= 4 is 44.1 Å². The molecule has 0 radical (unpaired) electrons. The molecule has 10 aromatic rings. The van der Waals surface area contributed by atoms with Gasteiger partial charge in [0.2, 0.25) is 0 Å². The fourth-order valence-electron chi connectivity index (χ4n) is 9.92. The number of furan rings is 2. The molecular formula is C56H50N3O3Pt-. The molecule has 0 spiro atoms. The number of imidazole rings is 1. The molecular weight excluding hydrogens is 958 g/mol. The van der Waals surface area contributed by atoms with Crippen molar-refractivity contribution in [3.63, 3.8) is 0 Å². The monoisotopic (exact) mass is 1010 g/mol. The molecule has 0 atom stereocenters. The number of aromatic nitrogens is 3. The van der Waals surface area contributed by atoms with Crippen molar-refractivity contribution in [1.29, 1.82) is 0 Å². The van der Waals surface area contributed by atoms with Gasteiger partial charge >= 0.3 is 0 Å². The minimum absolute atomic E-state index is 0. The third-order valence-electron chi connectivity index (χ3n) is 13.6. The number of hydrogen-bond donors (Lipinski definition) is 1. The molecule has 1 saturated carbocycles. The van der Waals surface area contributed by atoms with Gasteiger partial charge in [0.1, 0.15) is 22.7 Å². The number of aromatic hydroxyl groups is 1. The molecule has 1 aliphatic carbocycles. The molecule has 4 aromatic heterocycles. The van der Waals surface area contributed by atoms with Crippen LogP contribution < -0.4 is 0 Å². The number of phenolic OH excluding ortho intramolecular Hbond substituents is 1. The summed E-state index contributed by atoms with van der Waals surface area (Å²) in [7, 11) is 0. The van der Waals surface area contributed by atoms with Crippen molar-refractivity contribution in [3.8, 4) is 56.5 Å². The van der Waals surface area contributed by atoms with E-state index in [2.05, 4.69) is 138 Å². The van der Waals surface area contributed by atoms with Crippen LogP contribution in [-0.2, 0) is 26.5 Å². The van der Waals surface area contributed by atoms with Crippen LogP contribution in [0, 0.1) is 25.3 Å². The molecule has 1 N–H and O–H groups in total. The summed E-state index contributed by atoms with van der Waals surface area (Å²) in [6.45, 7) is 15.7. The van der Waals surface area contributed by atoms with E-state index < -0.39 is 0 Å². The van der Waals surface area contributed by atoms with Gasteiger partial charge in [-0.2, -0.15) is 0 Å². The van der Waals surface area contributed by atoms with Crippen molar-refractivity contribution < 1.29 is 35.0 Å². The van der Waals surface area contributed by atoms with Crippen LogP contribution in [-0.4, -0.2) is 19.6 Å². The van der Waals surface area contributed by atoms with E-state index >= 15 is 0 Å². The average molecular weight is 1010 g/mol. The Kier molecular flexibility index (Phi) is 9.84. The van der Waals surface area contributed by atoms with Crippen LogP contribution in [0.1, 0.15) is 88.5 Å². The van der Waals surface area contributed by atoms with Gasteiger partial charge in [0.25, 0.3) is 0 Å². The standard InChI is InChI=1S/C56H50N3O3.Pt/c1-32-11-8-12-33(2)53(32)59-44-14-9-13-40(43-31-39(55(3,4)5)30-42(57-43)38-28-48-51-49(29-38)62-47-16-10-15-46(61-48)50(47)51)52(44)58-54(59)41-22-21-37(27-45(41)60)35-19-17-34(18-20-35)36-23-25-56(6,7)26-24-36;/h8-22,27-28,30-31,36,60H,23-26H2,1-7H3;/q-1;. The number of hydrogen-bond acceptors (Lipinski definition) is 5. The van der Waals surface area contributed by atoms with Crippen LogP contribution >= 0.6 is 0 Å². The fourth-order valence-corrected chi connectivity index (χ4v) is 9.92. The number of para-hydroxylation sites is 2. The topological polar surface area (TPSA) is 77.2 Å². The molecule has 0 aliphatic heterocycles. The number of aryl methyl sites for hydroxylation is 2. The molecule has 0 bridgehead atoms. The molecule has 6 aromatic carbocycles. The summed E-state index contributed by atoms with van der Waals surface area (Å²) in [5, 5.41) is 13.9. The van der Waals surface area contributed by atoms with Crippen LogP contribution in [0.5, 0.6) is 5.75 Å². The first-order valence-corrected chi connectivity index (χ1v) is 21.9. The van der Waals surface area contributed by atoms with Crippen molar-refractivity contribution in [1.82, 2.24) is 14.5 Å². The number of nitrogens with zero attached hydrogens (tertiary/aromatic N) is 3. The van der Waals surface area contributed by atoms with Gasteiger partial charge in [0.05, 0.1) is 39.1 Å². The van der Waals surface area contributed by atoms with Gasteiger partial charge in [-0.05, 0) is 137 Å². The third kappa shape index (κ3) is 6.98. The van der Waals surface area contributed by atoms with Crippen molar-refractivity contribution in [2.45, 2.75) is 85.5 Å².